The summed E-state index contributed by atoms with van der Waals surface area (Å²) >= 11 is 5.35. The first kappa shape index (κ1) is 15.3. The Labute approximate surface area is 131 Å². The zero-order valence-electron chi connectivity index (χ0n) is 12.5. The Morgan fingerprint density at radius 1 is 1.05 bits per heavy atom. The van der Waals surface area contributed by atoms with Crippen molar-refractivity contribution < 1.29 is 4.74 Å². The molecule has 2 N–H and O–H groups in total. The molecule has 1 atom stereocenters. The third kappa shape index (κ3) is 4.46. The van der Waals surface area contributed by atoms with Gasteiger partial charge in [-0.15, -0.1) is 0 Å². The van der Waals surface area contributed by atoms with Crippen LogP contribution < -0.4 is 15.4 Å². The number of anilines is 1. The highest BCUT2D eigenvalue weighted by Gasteiger charge is 2.07. The monoisotopic (exact) mass is 300 g/mol. The predicted molar refractivity (Wildman–Crippen MR) is 91.9 cm³/mol. The molecule has 0 bridgehead atoms. The summed E-state index contributed by atoms with van der Waals surface area (Å²) < 4.78 is 5.16. The van der Waals surface area contributed by atoms with Gasteiger partial charge in [-0.05, 0) is 55.9 Å². The van der Waals surface area contributed by atoms with Crippen molar-refractivity contribution in [2.24, 2.45) is 0 Å². The predicted octanol–water partition coefficient (Wildman–Crippen LogP) is 4.05. The Kier molecular flexibility index (Phi) is 5.17. The summed E-state index contributed by atoms with van der Waals surface area (Å²) in [6.45, 7) is 4.14. The number of aryl methyl sites for hydroxylation is 1. The zero-order chi connectivity index (χ0) is 15.2. The van der Waals surface area contributed by atoms with Gasteiger partial charge in [-0.1, -0.05) is 29.8 Å². The van der Waals surface area contributed by atoms with Gasteiger partial charge in [0.15, 0.2) is 5.11 Å². The van der Waals surface area contributed by atoms with Crippen molar-refractivity contribution in [3.05, 3.63) is 59.7 Å². The maximum absolute atomic E-state index is 5.35. The Bertz CT molecular complexity index is 593. The molecule has 2 rings (SSSR count). The van der Waals surface area contributed by atoms with Crippen molar-refractivity contribution in [3.63, 3.8) is 0 Å². The van der Waals surface area contributed by atoms with Crippen LogP contribution in [-0.2, 0) is 0 Å². The average molecular weight is 300 g/mol. The highest BCUT2D eigenvalue weighted by molar-refractivity contribution is 7.80. The van der Waals surface area contributed by atoms with Crippen molar-refractivity contribution in [2.45, 2.75) is 19.9 Å². The van der Waals surface area contributed by atoms with Crippen LogP contribution in [0.5, 0.6) is 5.75 Å². The molecule has 0 radical (unpaired) electrons. The summed E-state index contributed by atoms with van der Waals surface area (Å²) in [5, 5.41) is 7.08. The van der Waals surface area contributed by atoms with E-state index in [1.54, 1.807) is 7.11 Å². The van der Waals surface area contributed by atoms with E-state index in [-0.39, 0.29) is 6.04 Å². The quantitative estimate of drug-likeness (QED) is 0.835. The van der Waals surface area contributed by atoms with Gasteiger partial charge in [0.2, 0.25) is 0 Å². The number of ether oxygens (including phenoxy) is 1. The van der Waals surface area contributed by atoms with Crippen LogP contribution >= 0.6 is 12.2 Å². The van der Waals surface area contributed by atoms with Gasteiger partial charge in [0.1, 0.15) is 5.75 Å². The Morgan fingerprint density at radius 2 is 1.67 bits per heavy atom. The van der Waals surface area contributed by atoms with E-state index in [0.717, 1.165) is 17.0 Å². The minimum Gasteiger partial charge on any atom is -0.497 e. The van der Waals surface area contributed by atoms with E-state index in [1.165, 1.54) is 5.56 Å². The minimum atomic E-state index is 0.126. The number of hydrogen-bond donors (Lipinski definition) is 2. The Hall–Kier alpha value is -2.07. The Morgan fingerprint density at radius 3 is 2.24 bits per heavy atom. The van der Waals surface area contributed by atoms with Crippen molar-refractivity contribution in [2.75, 3.05) is 12.4 Å². The van der Waals surface area contributed by atoms with E-state index in [0.29, 0.717) is 5.11 Å². The number of hydrogen-bond acceptors (Lipinski definition) is 2. The standard InChI is InChI=1S/C17H20N2OS/c1-12-4-8-15(9-5-12)19-17(21)18-13(2)14-6-10-16(20-3)11-7-14/h4-11,13H,1-3H3,(H2,18,19,21). The fourth-order valence-corrected chi connectivity index (χ4v) is 2.27. The van der Waals surface area contributed by atoms with Crippen molar-refractivity contribution in [3.8, 4) is 5.75 Å². The number of benzene rings is 2. The molecule has 2 aromatic carbocycles. The van der Waals surface area contributed by atoms with Gasteiger partial charge < -0.3 is 15.4 Å². The van der Waals surface area contributed by atoms with E-state index in [2.05, 4.69) is 36.6 Å². The fraction of sp³-hybridized carbons (Fsp3) is 0.235. The third-order valence-electron chi connectivity index (χ3n) is 3.27. The maximum Gasteiger partial charge on any atom is 0.171 e. The average Bonchev–Trinajstić information content (AvgIpc) is 2.49. The molecule has 110 valence electrons. The largest absolute Gasteiger partial charge is 0.497 e. The van der Waals surface area contributed by atoms with Crippen LogP contribution in [0.15, 0.2) is 48.5 Å². The van der Waals surface area contributed by atoms with Crippen LogP contribution in [0, 0.1) is 6.92 Å². The summed E-state index contributed by atoms with van der Waals surface area (Å²) in [6, 6.07) is 16.2. The zero-order valence-corrected chi connectivity index (χ0v) is 13.3. The molecule has 2 aromatic rings. The molecule has 0 aliphatic rings. The lowest BCUT2D eigenvalue weighted by atomic mass is 10.1. The van der Waals surface area contributed by atoms with Crippen LogP contribution in [0.25, 0.3) is 0 Å². The molecule has 0 spiro atoms. The highest BCUT2D eigenvalue weighted by Crippen LogP contribution is 2.17. The molecule has 0 fully saturated rings. The normalized spacial score (nSPS) is 11.6. The van der Waals surface area contributed by atoms with Gasteiger partial charge in [0, 0.05) is 5.69 Å². The molecule has 0 amide bonds. The first-order chi connectivity index (χ1) is 10.1. The maximum atomic E-state index is 5.35. The van der Waals surface area contributed by atoms with Crippen LogP contribution in [0.3, 0.4) is 0 Å². The molecule has 0 saturated carbocycles. The molecule has 0 saturated heterocycles. The number of rotatable bonds is 4. The lowest BCUT2D eigenvalue weighted by Gasteiger charge is -2.17. The minimum absolute atomic E-state index is 0.126. The molecule has 0 aliphatic carbocycles. The number of nitrogens with one attached hydrogen (secondary N) is 2. The molecule has 4 heteroatoms. The van der Waals surface area contributed by atoms with Gasteiger partial charge >= 0.3 is 0 Å². The smallest absolute Gasteiger partial charge is 0.171 e. The topological polar surface area (TPSA) is 33.3 Å². The highest BCUT2D eigenvalue weighted by atomic mass is 32.1. The van der Waals surface area contributed by atoms with Crippen LogP contribution in [0.1, 0.15) is 24.1 Å². The van der Waals surface area contributed by atoms with Gasteiger partial charge in [0.05, 0.1) is 13.2 Å². The van der Waals surface area contributed by atoms with Crippen molar-refractivity contribution >= 4 is 23.0 Å². The lowest BCUT2D eigenvalue weighted by Crippen LogP contribution is -2.30. The van der Waals surface area contributed by atoms with Crippen LogP contribution in [0.4, 0.5) is 5.69 Å². The molecule has 0 aromatic heterocycles. The molecule has 0 aliphatic heterocycles. The molecular weight excluding hydrogens is 280 g/mol. The van der Waals surface area contributed by atoms with E-state index < -0.39 is 0 Å². The van der Waals surface area contributed by atoms with Gasteiger partial charge in [0.25, 0.3) is 0 Å². The first-order valence-corrected chi connectivity index (χ1v) is 7.27. The molecule has 21 heavy (non-hydrogen) atoms. The van der Waals surface area contributed by atoms with E-state index in [9.17, 15) is 0 Å². The second-order valence-electron chi connectivity index (χ2n) is 4.96. The lowest BCUT2D eigenvalue weighted by molar-refractivity contribution is 0.414. The second-order valence-corrected chi connectivity index (χ2v) is 5.37. The number of methoxy groups -OCH3 is 1. The Balaban J connectivity index is 1.93. The van der Waals surface area contributed by atoms with Crippen LogP contribution in [-0.4, -0.2) is 12.2 Å². The van der Waals surface area contributed by atoms with E-state index >= 15 is 0 Å². The fourth-order valence-electron chi connectivity index (χ4n) is 1.98. The third-order valence-corrected chi connectivity index (χ3v) is 3.49. The van der Waals surface area contributed by atoms with Crippen molar-refractivity contribution in [1.29, 1.82) is 0 Å². The SMILES string of the molecule is COc1ccc(C(C)NC(=S)Nc2ccc(C)cc2)cc1. The van der Waals surface area contributed by atoms with Gasteiger partial charge in [-0.25, -0.2) is 0 Å². The molecule has 3 nitrogen and oxygen atoms in total. The summed E-state index contributed by atoms with van der Waals surface area (Å²) in [6.07, 6.45) is 0. The second kappa shape index (κ2) is 7.09. The van der Waals surface area contributed by atoms with Crippen molar-refractivity contribution in [1.82, 2.24) is 5.32 Å². The first-order valence-electron chi connectivity index (χ1n) is 6.86. The molecule has 0 heterocycles. The van der Waals surface area contributed by atoms with Gasteiger partial charge in [-0.3, -0.25) is 0 Å². The summed E-state index contributed by atoms with van der Waals surface area (Å²) in [5.41, 5.74) is 3.37. The van der Waals surface area contributed by atoms with Gasteiger partial charge in [-0.2, -0.15) is 0 Å². The summed E-state index contributed by atoms with van der Waals surface area (Å²) in [5.74, 6) is 0.853. The summed E-state index contributed by atoms with van der Waals surface area (Å²) in [4.78, 5) is 0. The number of thiocarbonyl (C=S) groups is 1. The molecule has 1 unspecified atom stereocenters. The van der Waals surface area contributed by atoms with Crippen LogP contribution in [0.2, 0.25) is 0 Å². The van der Waals surface area contributed by atoms with E-state index in [4.69, 9.17) is 17.0 Å². The summed E-state index contributed by atoms with van der Waals surface area (Å²) in [7, 11) is 1.66. The molecular formula is C17H20N2OS. The van der Waals surface area contributed by atoms with E-state index in [1.807, 2.05) is 36.4 Å².